The van der Waals surface area contributed by atoms with Crippen LogP contribution in [-0.2, 0) is 4.79 Å². The average Bonchev–Trinajstić information content (AvgIpc) is 2.15. The molecule has 0 heterocycles. The number of hydrogen-bond donors (Lipinski definition) is 3. The first kappa shape index (κ1) is 10.8. The van der Waals surface area contributed by atoms with Gasteiger partial charge in [-0.25, -0.2) is 9.59 Å². The summed E-state index contributed by atoms with van der Waals surface area (Å²) in [5, 5.41) is 17.0. The molecule has 0 saturated heterocycles. The highest BCUT2D eigenvalue weighted by atomic mass is 16.4. The van der Waals surface area contributed by atoms with Crippen LogP contribution < -0.4 is 5.73 Å². The zero-order valence-electron chi connectivity index (χ0n) is 7.68. The van der Waals surface area contributed by atoms with E-state index in [2.05, 4.69) is 0 Å². The topological polar surface area (TPSA) is 101 Å². The minimum atomic E-state index is -1.09. The molecule has 0 saturated carbocycles. The van der Waals surface area contributed by atoms with E-state index in [9.17, 15) is 9.59 Å². The van der Waals surface area contributed by atoms with Crippen LogP contribution >= 0.6 is 0 Å². The van der Waals surface area contributed by atoms with Gasteiger partial charge in [0.15, 0.2) is 0 Å². The Bertz CT molecular complexity index is 437. The van der Waals surface area contributed by atoms with Gasteiger partial charge in [-0.3, -0.25) is 0 Å². The molecule has 0 fully saturated rings. The molecular weight excluding hydrogens is 198 g/mol. The van der Waals surface area contributed by atoms with Gasteiger partial charge in [-0.05, 0) is 23.8 Å². The third kappa shape index (κ3) is 2.84. The third-order valence-electron chi connectivity index (χ3n) is 1.74. The number of hydrogen-bond acceptors (Lipinski definition) is 3. The normalized spacial score (nSPS) is 10.4. The Labute approximate surface area is 85.5 Å². The van der Waals surface area contributed by atoms with E-state index in [0.717, 1.165) is 6.08 Å². The maximum atomic E-state index is 10.6. The molecule has 4 N–H and O–H groups in total. The van der Waals surface area contributed by atoms with Crippen LogP contribution in [0.5, 0.6) is 0 Å². The molecule has 0 aliphatic rings. The molecular formula is C10H9NO4. The zero-order chi connectivity index (χ0) is 11.4. The van der Waals surface area contributed by atoms with Crippen molar-refractivity contribution in [3.8, 4) is 0 Å². The van der Waals surface area contributed by atoms with Crippen LogP contribution in [0.3, 0.4) is 0 Å². The number of carboxylic acid groups (broad SMARTS) is 2. The Kier molecular flexibility index (Phi) is 3.07. The van der Waals surface area contributed by atoms with Crippen LogP contribution in [-0.4, -0.2) is 22.2 Å². The minimum Gasteiger partial charge on any atom is -0.478 e. The molecule has 1 rings (SSSR count). The highest BCUT2D eigenvalue weighted by Crippen LogP contribution is 2.15. The fraction of sp³-hybridized carbons (Fsp3) is 0. The van der Waals surface area contributed by atoms with Crippen molar-refractivity contribution >= 4 is 23.7 Å². The first-order chi connectivity index (χ1) is 7.00. The molecule has 0 unspecified atom stereocenters. The van der Waals surface area contributed by atoms with Gasteiger partial charge in [-0.2, -0.15) is 0 Å². The van der Waals surface area contributed by atoms with Gasteiger partial charge < -0.3 is 15.9 Å². The van der Waals surface area contributed by atoms with E-state index in [-0.39, 0.29) is 11.3 Å². The lowest BCUT2D eigenvalue weighted by molar-refractivity contribution is -0.131. The van der Waals surface area contributed by atoms with Crippen LogP contribution in [0, 0.1) is 0 Å². The van der Waals surface area contributed by atoms with Crippen molar-refractivity contribution in [3.63, 3.8) is 0 Å². The predicted molar refractivity (Wildman–Crippen MR) is 54.5 cm³/mol. The summed E-state index contributed by atoms with van der Waals surface area (Å²) in [4.78, 5) is 20.8. The summed E-state index contributed by atoms with van der Waals surface area (Å²) < 4.78 is 0. The molecule has 1 aromatic rings. The van der Waals surface area contributed by atoms with Crippen LogP contribution in [0.2, 0.25) is 0 Å². The van der Waals surface area contributed by atoms with Gasteiger partial charge in [0, 0.05) is 11.8 Å². The smallest absolute Gasteiger partial charge is 0.335 e. The standard InChI is InChI=1S/C10H9NO4/c11-8-5-7(10(14)15)2-1-6(8)3-4-9(12)13/h1-5H,11H2,(H,12,13)(H,14,15). The van der Waals surface area contributed by atoms with E-state index in [4.69, 9.17) is 15.9 Å². The second kappa shape index (κ2) is 4.28. The molecule has 0 bridgehead atoms. The third-order valence-corrected chi connectivity index (χ3v) is 1.74. The number of benzene rings is 1. The van der Waals surface area contributed by atoms with Gasteiger partial charge in [0.2, 0.25) is 0 Å². The number of rotatable bonds is 3. The van der Waals surface area contributed by atoms with Crippen molar-refractivity contribution in [1.82, 2.24) is 0 Å². The molecule has 5 nitrogen and oxygen atoms in total. The first-order valence-corrected chi connectivity index (χ1v) is 4.04. The SMILES string of the molecule is Nc1cc(C(=O)O)ccc1C=CC(=O)O. The summed E-state index contributed by atoms with van der Waals surface area (Å²) in [7, 11) is 0. The maximum absolute atomic E-state index is 10.6. The molecule has 15 heavy (non-hydrogen) atoms. The molecule has 5 heteroatoms. The van der Waals surface area contributed by atoms with Crippen molar-refractivity contribution in [2.24, 2.45) is 0 Å². The number of aliphatic carboxylic acids is 1. The summed E-state index contributed by atoms with van der Waals surface area (Å²) in [6.45, 7) is 0. The summed E-state index contributed by atoms with van der Waals surface area (Å²) in [6.07, 6.45) is 2.25. The molecule has 78 valence electrons. The van der Waals surface area contributed by atoms with Gasteiger partial charge in [-0.15, -0.1) is 0 Å². The van der Waals surface area contributed by atoms with Crippen LogP contribution in [0.1, 0.15) is 15.9 Å². The van der Waals surface area contributed by atoms with Gasteiger partial charge in [-0.1, -0.05) is 6.07 Å². The fourth-order valence-electron chi connectivity index (χ4n) is 1.02. The Morgan fingerprint density at radius 1 is 1.27 bits per heavy atom. The molecule has 0 amide bonds. The Balaban J connectivity index is 3.03. The van der Waals surface area contributed by atoms with E-state index < -0.39 is 11.9 Å². The van der Waals surface area contributed by atoms with Crippen molar-refractivity contribution in [2.45, 2.75) is 0 Å². The highest BCUT2D eigenvalue weighted by Gasteiger charge is 2.04. The summed E-state index contributed by atoms with van der Waals surface area (Å²) in [5.74, 6) is -2.16. The molecule has 0 aliphatic carbocycles. The number of anilines is 1. The van der Waals surface area contributed by atoms with Gasteiger partial charge in [0.25, 0.3) is 0 Å². The maximum Gasteiger partial charge on any atom is 0.335 e. The predicted octanol–water partition coefficient (Wildman–Crippen LogP) is 1.06. The summed E-state index contributed by atoms with van der Waals surface area (Å²) >= 11 is 0. The Morgan fingerprint density at radius 3 is 2.40 bits per heavy atom. The van der Waals surface area contributed by atoms with E-state index >= 15 is 0 Å². The van der Waals surface area contributed by atoms with E-state index in [1.807, 2.05) is 0 Å². The summed E-state index contributed by atoms with van der Waals surface area (Å²) in [5.41, 5.74) is 6.31. The Hall–Kier alpha value is -2.30. The first-order valence-electron chi connectivity index (χ1n) is 4.04. The quantitative estimate of drug-likeness (QED) is 0.508. The van der Waals surface area contributed by atoms with Crippen LogP contribution in [0.15, 0.2) is 24.3 Å². The number of nitrogen functional groups attached to an aromatic ring is 1. The largest absolute Gasteiger partial charge is 0.478 e. The summed E-state index contributed by atoms with van der Waals surface area (Å²) in [6, 6.07) is 4.10. The molecule has 0 aliphatic heterocycles. The Morgan fingerprint density at radius 2 is 1.93 bits per heavy atom. The van der Waals surface area contributed by atoms with Gasteiger partial charge in [0.1, 0.15) is 0 Å². The van der Waals surface area contributed by atoms with Crippen molar-refractivity contribution in [1.29, 1.82) is 0 Å². The minimum absolute atomic E-state index is 0.0694. The van der Waals surface area contributed by atoms with Crippen LogP contribution in [0.25, 0.3) is 6.08 Å². The highest BCUT2D eigenvalue weighted by molar-refractivity contribution is 5.91. The van der Waals surface area contributed by atoms with E-state index in [1.165, 1.54) is 24.3 Å². The van der Waals surface area contributed by atoms with Crippen molar-refractivity contribution < 1.29 is 19.8 Å². The molecule has 0 spiro atoms. The number of nitrogens with two attached hydrogens (primary N) is 1. The van der Waals surface area contributed by atoms with Crippen molar-refractivity contribution in [3.05, 3.63) is 35.4 Å². The fourth-order valence-corrected chi connectivity index (χ4v) is 1.02. The second-order valence-corrected chi connectivity index (χ2v) is 2.82. The van der Waals surface area contributed by atoms with Crippen LogP contribution in [0.4, 0.5) is 5.69 Å². The number of aromatic carboxylic acids is 1. The van der Waals surface area contributed by atoms with Gasteiger partial charge in [0.05, 0.1) is 5.56 Å². The number of carbonyl (C=O) groups is 2. The lowest BCUT2D eigenvalue weighted by Crippen LogP contribution is -1.99. The second-order valence-electron chi connectivity index (χ2n) is 2.82. The number of carboxylic acids is 2. The molecule has 1 aromatic carbocycles. The molecule has 0 atom stereocenters. The monoisotopic (exact) mass is 207 g/mol. The lowest BCUT2D eigenvalue weighted by atomic mass is 10.1. The molecule has 0 radical (unpaired) electrons. The van der Waals surface area contributed by atoms with Crippen molar-refractivity contribution in [2.75, 3.05) is 5.73 Å². The zero-order valence-corrected chi connectivity index (χ0v) is 7.68. The molecule has 0 aromatic heterocycles. The van der Waals surface area contributed by atoms with Gasteiger partial charge >= 0.3 is 11.9 Å². The van der Waals surface area contributed by atoms with E-state index in [0.29, 0.717) is 5.56 Å². The lowest BCUT2D eigenvalue weighted by Gasteiger charge is -2.01. The van der Waals surface area contributed by atoms with E-state index in [1.54, 1.807) is 0 Å². The average molecular weight is 207 g/mol.